The topological polar surface area (TPSA) is 65.0 Å². The van der Waals surface area contributed by atoms with Crippen molar-refractivity contribution >= 4 is 17.4 Å². The minimum absolute atomic E-state index is 0.0520. The first kappa shape index (κ1) is 15.5. The predicted molar refractivity (Wildman–Crippen MR) is 89.9 cm³/mol. The van der Waals surface area contributed by atoms with Gasteiger partial charge in [0, 0.05) is 11.9 Å². The number of rotatable bonds is 5. The highest BCUT2D eigenvalue weighted by molar-refractivity contribution is 6.04. The molecule has 2 aromatic carbocycles. The van der Waals surface area contributed by atoms with Gasteiger partial charge in [-0.25, -0.2) is 0 Å². The quantitative estimate of drug-likeness (QED) is 0.583. The van der Waals surface area contributed by atoms with E-state index in [9.17, 15) is 4.79 Å². The van der Waals surface area contributed by atoms with Gasteiger partial charge in [0.05, 0.1) is 5.92 Å². The summed E-state index contributed by atoms with van der Waals surface area (Å²) < 4.78 is 0. The van der Waals surface area contributed by atoms with Gasteiger partial charge in [-0.3, -0.25) is 10.2 Å². The van der Waals surface area contributed by atoms with Crippen molar-refractivity contribution in [2.75, 3.05) is 5.32 Å². The van der Waals surface area contributed by atoms with Crippen LogP contribution in [0.1, 0.15) is 18.4 Å². The molecule has 2 aromatic rings. The smallest absolute Gasteiger partial charge is 0.232 e. The molecular formula is C18H19N3O. The third-order valence-corrected chi connectivity index (χ3v) is 3.22. The number of benzene rings is 2. The lowest BCUT2D eigenvalue weighted by Gasteiger charge is -2.11. The first-order valence-electron chi connectivity index (χ1n) is 7.09. The molecule has 0 bridgehead atoms. The van der Waals surface area contributed by atoms with Gasteiger partial charge >= 0.3 is 0 Å². The standard InChI is InChI=1S/C18H19N3O/c1-14(15-8-4-2-5-9-15)18(22)21-17(19)12-13-20-16-10-6-3-7-11-16/h2-14,20H,1H3,(H2,19,21,22)/b13-12-. The third kappa shape index (κ3) is 4.59. The molecular weight excluding hydrogens is 274 g/mol. The lowest BCUT2D eigenvalue weighted by atomic mass is 10.0. The van der Waals surface area contributed by atoms with Crippen LogP contribution in [0.15, 0.2) is 72.9 Å². The van der Waals surface area contributed by atoms with Crippen LogP contribution in [0.4, 0.5) is 5.69 Å². The largest absolute Gasteiger partial charge is 0.362 e. The van der Waals surface area contributed by atoms with Crippen LogP contribution in [-0.4, -0.2) is 11.7 Å². The molecule has 2 rings (SSSR count). The van der Waals surface area contributed by atoms with Gasteiger partial charge in [0.25, 0.3) is 0 Å². The molecule has 0 aliphatic carbocycles. The highest BCUT2D eigenvalue weighted by Gasteiger charge is 2.14. The maximum absolute atomic E-state index is 12.1. The maximum Gasteiger partial charge on any atom is 0.232 e. The number of hydrogen-bond donors (Lipinski definition) is 3. The minimum Gasteiger partial charge on any atom is -0.362 e. The molecule has 3 N–H and O–H groups in total. The van der Waals surface area contributed by atoms with Crippen LogP contribution in [-0.2, 0) is 4.79 Å². The highest BCUT2D eigenvalue weighted by Crippen LogP contribution is 2.14. The third-order valence-electron chi connectivity index (χ3n) is 3.22. The van der Waals surface area contributed by atoms with Gasteiger partial charge in [-0.1, -0.05) is 48.5 Å². The average molecular weight is 293 g/mol. The predicted octanol–water partition coefficient (Wildman–Crippen LogP) is 3.51. The second-order valence-corrected chi connectivity index (χ2v) is 4.88. The van der Waals surface area contributed by atoms with Gasteiger partial charge in [-0.15, -0.1) is 0 Å². The Balaban J connectivity index is 1.85. The van der Waals surface area contributed by atoms with E-state index in [0.29, 0.717) is 0 Å². The number of amidine groups is 1. The summed E-state index contributed by atoms with van der Waals surface area (Å²) in [6, 6.07) is 19.1. The Morgan fingerprint density at radius 2 is 1.64 bits per heavy atom. The van der Waals surface area contributed by atoms with E-state index in [4.69, 9.17) is 5.41 Å². The molecule has 0 aliphatic rings. The Morgan fingerprint density at radius 1 is 1.05 bits per heavy atom. The van der Waals surface area contributed by atoms with E-state index >= 15 is 0 Å². The van der Waals surface area contributed by atoms with E-state index in [1.54, 1.807) is 6.20 Å². The first-order chi connectivity index (χ1) is 10.7. The van der Waals surface area contributed by atoms with Crippen molar-refractivity contribution in [1.29, 1.82) is 5.41 Å². The summed E-state index contributed by atoms with van der Waals surface area (Å²) in [7, 11) is 0. The molecule has 22 heavy (non-hydrogen) atoms. The van der Waals surface area contributed by atoms with Crippen LogP contribution < -0.4 is 10.6 Å². The van der Waals surface area contributed by atoms with Crippen LogP contribution in [0.5, 0.6) is 0 Å². The Bertz CT molecular complexity index is 651. The summed E-state index contributed by atoms with van der Waals surface area (Å²) in [5, 5.41) is 13.4. The molecule has 0 spiro atoms. The van der Waals surface area contributed by atoms with Crippen LogP contribution in [0.3, 0.4) is 0 Å². The molecule has 0 heterocycles. The van der Waals surface area contributed by atoms with E-state index in [1.165, 1.54) is 6.08 Å². The molecule has 0 aromatic heterocycles. The Morgan fingerprint density at radius 3 is 2.27 bits per heavy atom. The lowest BCUT2D eigenvalue weighted by Crippen LogP contribution is -2.32. The Labute approximate surface area is 130 Å². The number of para-hydroxylation sites is 1. The van der Waals surface area contributed by atoms with E-state index < -0.39 is 0 Å². The van der Waals surface area contributed by atoms with Crippen molar-refractivity contribution in [2.24, 2.45) is 0 Å². The van der Waals surface area contributed by atoms with Crippen molar-refractivity contribution in [3.05, 3.63) is 78.5 Å². The zero-order valence-electron chi connectivity index (χ0n) is 12.4. The molecule has 4 heteroatoms. The van der Waals surface area contributed by atoms with E-state index in [1.807, 2.05) is 67.6 Å². The average Bonchev–Trinajstić information content (AvgIpc) is 2.56. The van der Waals surface area contributed by atoms with Gasteiger partial charge in [0.15, 0.2) is 0 Å². The molecule has 0 radical (unpaired) electrons. The summed E-state index contributed by atoms with van der Waals surface area (Å²) in [5.41, 5.74) is 1.86. The molecule has 1 unspecified atom stereocenters. The van der Waals surface area contributed by atoms with Gasteiger partial charge in [0.1, 0.15) is 5.84 Å². The molecule has 0 aliphatic heterocycles. The number of carbonyl (C=O) groups is 1. The number of hydrogen-bond acceptors (Lipinski definition) is 3. The molecule has 1 atom stereocenters. The fourth-order valence-corrected chi connectivity index (χ4v) is 1.93. The summed E-state index contributed by atoms with van der Waals surface area (Å²) in [5.74, 6) is -0.436. The highest BCUT2D eigenvalue weighted by atomic mass is 16.1. The van der Waals surface area contributed by atoms with Crippen molar-refractivity contribution in [3.63, 3.8) is 0 Å². The van der Waals surface area contributed by atoms with Crippen LogP contribution in [0.2, 0.25) is 0 Å². The van der Waals surface area contributed by atoms with Crippen molar-refractivity contribution in [3.8, 4) is 0 Å². The van der Waals surface area contributed by atoms with E-state index in [0.717, 1.165) is 11.3 Å². The Hall–Kier alpha value is -2.88. The van der Waals surface area contributed by atoms with Gasteiger partial charge in [-0.2, -0.15) is 0 Å². The maximum atomic E-state index is 12.1. The molecule has 4 nitrogen and oxygen atoms in total. The zero-order chi connectivity index (χ0) is 15.8. The summed E-state index contributed by atoms with van der Waals surface area (Å²) in [6.07, 6.45) is 3.15. The number of amides is 1. The fraction of sp³-hybridized carbons (Fsp3) is 0.111. The SMILES string of the molecule is CC(C(=O)NC(=N)/C=C\Nc1ccccc1)c1ccccc1. The van der Waals surface area contributed by atoms with Crippen molar-refractivity contribution in [1.82, 2.24) is 5.32 Å². The summed E-state index contributed by atoms with van der Waals surface area (Å²) in [6.45, 7) is 1.82. The Kier molecular flexibility index (Phi) is 5.49. The molecule has 1 amide bonds. The fourth-order valence-electron chi connectivity index (χ4n) is 1.93. The van der Waals surface area contributed by atoms with E-state index in [2.05, 4.69) is 10.6 Å². The summed E-state index contributed by atoms with van der Waals surface area (Å²) >= 11 is 0. The minimum atomic E-state index is -0.294. The van der Waals surface area contributed by atoms with Crippen molar-refractivity contribution < 1.29 is 4.79 Å². The number of carbonyl (C=O) groups excluding carboxylic acids is 1. The van der Waals surface area contributed by atoms with Crippen molar-refractivity contribution in [2.45, 2.75) is 12.8 Å². The second-order valence-electron chi connectivity index (χ2n) is 4.88. The molecule has 0 saturated heterocycles. The molecule has 112 valence electrons. The van der Waals surface area contributed by atoms with Gasteiger partial charge < -0.3 is 10.6 Å². The monoisotopic (exact) mass is 293 g/mol. The molecule has 0 saturated carbocycles. The van der Waals surface area contributed by atoms with Crippen LogP contribution >= 0.6 is 0 Å². The zero-order valence-corrected chi connectivity index (χ0v) is 12.4. The number of anilines is 1. The lowest BCUT2D eigenvalue weighted by molar-refractivity contribution is -0.120. The normalized spacial score (nSPS) is 11.9. The van der Waals surface area contributed by atoms with Crippen LogP contribution in [0, 0.1) is 5.41 Å². The van der Waals surface area contributed by atoms with Gasteiger partial charge in [0.2, 0.25) is 5.91 Å². The van der Waals surface area contributed by atoms with Gasteiger partial charge in [-0.05, 0) is 30.7 Å². The van der Waals surface area contributed by atoms with Crippen LogP contribution in [0.25, 0.3) is 0 Å². The first-order valence-corrected chi connectivity index (χ1v) is 7.09. The number of nitrogens with one attached hydrogen (secondary N) is 3. The second kappa shape index (κ2) is 7.78. The van der Waals surface area contributed by atoms with E-state index in [-0.39, 0.29) is 17.7 Å². The molecule has 0 fully saturated rings. The summed E-state index contributed by atoms with van der Waals surface area (Å²) in [4.78, 5) is 12.1.